The molecule has 1 amide bonds. The van der Waals surface area contributed by atoms with Gasteiger partial charge in [0.1, 0.15) is 0 Å². The number of carbonyl (C=O) groups excluding carboxylic acids is 1. The van der Waals surface area contributed by atoms with Crippen molar-refractivity contribution in [2.45, 2.75) is 33.7 Å². The van der Waals surface area contributed by atoms with E-state index in [2.05, 4.69) is 34.3 Å². The van der Waals surface area contributed by atoms with Crippen molar-refractivity contribution in [2.75, 3.05) is 11.4 Å². The average Bonchev–Trinajstić information content (AvgIpc) is 2.48. The molecule has 1 aromatic heterocycles. The summed E-state index contributed by atoms with van der Waals surface area (Å²) in [5, 5.41) is 2.83. The first-order valence-corrected chi connectivity index (χ1v) is 7.48. The van der Waals surface area contributed by atoms with Crippen molar-refractivity contribution in [1.82, 2.24) is 15.3 Å². The van der Waals surface area contributed by atoms with Gasteiger partial charge < -0.3 is 10.2 Å². The summed E-state index contributed by atoms with van der Waals surface area (Å²) in [6.07, 6.45) is 3.14. The van der Waals surface area contributed by atoms with Gasteiger partial charge in [-0.25, -0.2) is 9.97 Å². The van der Waals surface area contributed by atoms with Crippen molar-refractivity contribution >= 4 is 17.5 Å². The highest BCUT2D eigenvalue weighted by molar-refractivity contribution is 5.93. The standard InChI is InChI=1S/C17H22N4O/c1-5-21(15-8-6-7-13(4)9-15)17-18-10-14(11-19-17)16(22)20-12(2)3/h6-12H,5H2,1-4H3,(H,20,22). The maximum absolute atomic E-state index is 11.9. The fraction of sp³-hybridized carbons (Fsp3) is 0.353. The predicted molar refractivity (Wildman–Crippen MR) is 88.5 cm³/mol. The second kappa shape index (κ2) is 7.02. The summed E-state index contributed by atoms with van der Waals surface area (Å²) in [6.45, 7) is 8.69. The highest BCUT2D eigenvalue weighted by Gasteiger charge is 2.13. The first-order chi connectivity index (χ1) is 10.5. The predicted octanol–water partition coefficient (Wildman–Crippen LogP) is 3.08. The molecule has 2 aromatic rings. The van der Waals surface area contributed by atoms with Crippen LogP contribution in [0.15, 0.2) is 36.7 Å². The summed E-state index contributed by atoms with van der Waals surface area (Å²) in [4.78, 5) is 22.6. The molecule has 5 heteroatoms. The van der Waals surface area contributed by atoms with Gasteiger partial charge in [-0.2, -0.15) is 0 Å². The van der Waals surface area contributed by atoms with Crippen LogP contribution < -0.4 is 10.2 Å². The molecular weight excluding hydrogens is 276 g/mol. The summed E-state index contributed by atoms with van der Waals surface area (Å²) >= 11 is 0. The third-order valence-electron chi connectivity index (χ3n) is 3.19. The molecule has 0 bridgehead atoms. The summed E-state index contributed by atoms with van der Waals surface area (Å²) in [5.41, 5.74) is 2.70. The number of hydrogen-bond donors (Lipinski definition) is 1. The van der Waals surface area contributed by atoms with Crippen LogP contribution in [0.25, 0.3) is 0 Å². The summed E-state index contributed by atoms with van der Waals surface area (Å²) in [5.74, 6) is 0.439. The van der Waals surface area contributed by atoms with Crippen molar-refractivity contribution in [3.8, 4) is 0 Å². The number of nitrogens with one attached hydrogen (secondary N) is 1. The molecule has 0 radical (unpaired) electrons. The second-order valence-electron chi connectivity index (χ2n) is 5.48. The molecule has 22 heavy (non-hydrogen) atoms. The van der Waals surface area contributed by atoms with E-state index in [4.69, 9.17) is 0 Å². The Morgan fingerprint density at radius 2 is 1.95 bits per heavy atom. The van der Waals surface area contributed by atoms with Gasteiger partial charge >= 0.3 is 0 Å². The molecule has 0 aliphatic carbocycles. The molecule has 5 nitrogen and oxygen atoms in total. The fourth-order valence-corrected chi connectivity index (χ4v) is 2.16. The minimum Gasteiger partial charge on any atom is -0.350 e. The Hall–Kier alpha value is -2.43. The zero-order valence-electron chi connectivity index (χ0n) is 13.5. The van der Waals surface area contributed by atoms with Gasteiger partial charge in [-0.1, -0.05) is 12.1 Å². The Morgan fingerprint density at radius 3 is 2.50 bits per heavy atom. The highest BCUT2D eigenvalue weighted by Crippen LogP contribution is 2.22. The first-order valence-electron chi connectivity index (χ1n) is 7.48. The molecule has 0 aliphatic heterocycles. The van der Waals surface area contributed by atoms with Crippen LogP contribution in [0.2, 0.25) is 0 Å². The van der Waals surface area contributed by atoms with Gasteiger partial charge in [-0.15, -0.1) is 0 Å². The van der Waals surface area contributed by atoms with E-state index in [9.17, 15) is 4.79 Å². The van der Waals surface area contributed by atoms with Crippen LogP contribution in [0, 0.1) is 6.92 Å². The van der Waals surface area contributed by atoms with E-state index in [0.717, 1.165) is 12.2 Å². The van der Waals surface area contributed by atoms with Crippen molar-refractivity contribution in [2.24, 2.45) is 0 Å². The number of aryl methyl sites for hydroxylation is 1. The monoisotopic (exact) mass is 298 g/mol. The Bertz CT molecular complexity index is 637. The topological polar surface area (TPSA) is 58.1 Å². The summed E-state index contributed by atoms with van der Waals surface area (Å²) in [7, 11) is 0. The van der Waals surface area contributed by atoms with E-state index in [1.165, 1.54) is 5.56 Å². The van der Waals surface area contributed by atoms with Crippen LogP contribution in [0.4, 0.5) is 11.6 Å². The number of aromatic nitrogens is 2. The third-order valence-corrected chi connectivity index (χ3v) is 3.19. The van der Waals surface area contributed by atoms with E-state index in [0.29, 0.717) is 11.5 Å². The minimum atomic E-state index is -0.153. The van der Waals surface area contributed by atoms with Crippen LogP contribution in [0.1, 0.15) is 36.7 Å². The van der Waals surface area contributed by atoms with Crippen LogP contribution >= 0.6 is 0 Å². The normalized spacial score (nSPS) is 10.6. The first kappa shape index (κ1) is 15.9. The molecular formula is C17H22N4O. The second-order valence-corrected chi connectivity index (χ2v) is 5.48. The van der Waals surface area contributed by atoms with E-state index in [1.54, 1.807) is 12.4 Å². The molecule has 0 unspecified atom stereocenters. The van der Waals surface area contributed by atoms with Gasteiger partial charge in [0.25, 0.3) is 5.91 Å². The van der Waals surface area contributed by atoms with Crippen LogP contribution in [-0.4, -0.2) is 28.5 Å². The number of hydrogen-bond acceptors (Lipinski definition) is 4. The highest BCUT2D eigenvalue weighted by atomic mass is 16.1. The zero-order valence-corrected chi connectivity index (χ0v) is 13.5. The smallest absolute Gasteiger partial charge is 0.254 e. The van der Waals surface area contributed by atoms with Crippen LogP contribution in [0.3, 0.4) is 0 Å². The maximum Gasteiger partial charge on any atom is 0.254 e. The lowest BCUT2D eigenvalue weighted by atomic mass is 10.2. The molecule has 0 saturated carbocycles. The lowest BCUT2D eigenvalue weighted by Gasteiger charge is -2.21. The van der Waals surface area contributed by atoms with E-state index < -0.39 is 0 Å². The number of nitrogens with zero attached hydrogens (tertiary/aromatic N) is 3. The SMILES string of the molecule is CCN(c1cccc(C)c1)c1ncc(C(=O)NC(C)C)cn1. The third kappa shape index (κ3) is 3.81. The van der Waals surface area contributed by atoms with Crippen molar-refractivity contribution in [3.05, 3.63) is 47.8 Å². The van der Waals surface area contributed by atoms with Gasteiger partial charge in [-0.3, -0.25) is 4.79 Å². The number of rotatable bonds is 5. The van der Waals surface area contributed by atoms with Gasteiger partial charge in [0.15, 0.2) is 0 Å². The molecule has 2 rings (SSSR count). The molecule has 0 saturated heterocycles. The Morgan fingerprint density at radius 1 is 1.27 bits per heavy atom. The zero-order chi connectivity index (χ0) is 16.1. The van der Waals surface area contributed by atoms with Gasteiger partial charge in [0, 0.05) is 30.7 Å². The van der Waals surface area contributed by atoms with E-state index in [-0.39, 0.29) is 11.9 Å². The number of amides is 1. The van der Waals surface area contributed by atoms with Crippen LogP contribution in [-0.2, 0) is 0 Å². The van der Waals surface area contributed by atoms with E-state index in [1.807, 2.05) is 37.8 Å². The average molecular weight is 298 g/mol. The molecule has 0 atom stereocenters. The lowest BCUT2D eigenvalue weighted by Crippen LogP contribution is -2.30. The fourth-order valence-electron chi connectivity index (χ4n) is 2.16. The van der Waals surface area contributed by atoms with Crippen molar-refractivity contribution in [3.63, 3.8) is 0 Å². The van der Waals surface area contributed by atoms with Gasteiger partial charge in [0.05, 0.1) is 5.56 Å². The molecule has 1 N–H and O–H groups in total. The number of benzene rings is 1. The quantitative estimate of drug-likeness (QED) is 0.921. The summed E-state index contributed by atoms with van der Waals surface area (Å²) < 4.78 is 0. The van der Waals surface area contributed by atoms with Gasteiger partial charge in [-0.05, 0) is 45.4 Å². The molecule has 1 aromatic carbocycles. The summed E-state index contributed by atoms with van der Waals surface area (Å²) in [6, 6.07) is 8.27. The van der Waals surface area contributed by atoms with Gasteiger partial charge in [0.2, 0.25) is 5.95 Å². The van der Waals surface area contributed by atoms with Crippen molar-refractivity contribution < 1.29 is 4.79 Å². The number of anilines is 2. The molecule has 0 spiro atoms. The van der Waals surface area contributed by atoms with Crippen LogP contribution in [0.5, 0.6) is 0 Å². The molecule has 0 fully saturated rings. The van der Waals surface area contributed by atoms with Crippen molar-refractivity contribution in [1.29, 1.82) is 0 Å². The Labute approximate surface area is 131 Å². The lowest BCUT2D eigenvalue weighted by molar-refractivity contribution is 0.0942. The molecule has 0 aliphatic rings. The molecule has 1 heterocycles. The molecule has 116 valence electrons. The Kier molecular flexibility index (Phi) is 5.09. The Balaban J connectivity index is 2.22. The maximum atomic E-state index is 11.9. The number of carbonyl (C=O) groups is 1. The minimum absolute atomic E-state index is 0.0895. The van der Waals surface area contributed by atoms with E-state index >= 15 is 0 Å². The largest absolute Gasteiger partial charge is 0.350 e.